The zero-order chi connectivity index (χ0) is 21.3. The van der Waals surface area contributed by atoms with Crippen LogP contribution >= 0.6 is 0 Å². The quantitative estimate of drug-likeness (QED) is 0.556. The molecule has 30 heavy (non-hydrogen) atoms. The Hall–Kier alpha value is -4.11. The molecule has 0 aliphatic carbocycles. The highest BCUT2D eigenvalue weighted by molar-refractivity contribution is 5.92. The van der Waals surface area contributed by atoms with Crippen LogP contribution in [-0.2, 0) is 7.05 Å². The smallest absolute Gasteiger partial charge is 0.264 e. The lowest BCUT2D eigenvalue weighted by Crippen LogP contribution is -2.20. The first-order valence-electron chi connectivity index (χ1n) is 9.51. The highest BCUT2D eigenvalue weighted by atomic mass is 16.5. The maximum atomic E-state index is 13.1. The number of rotatable bonds is 4. The van der Waals surface area contributed by atoms with Crippen LogP contribution in [0.15, 0.2) is 65.5 Å². The van der Waals surface area contributed by atoms with E-state index >= 15 is 0 Å². The van der Waals surface area contributed by atoms with Crippen molar-refractivity contribution in [3.05, 3.63) is 76.6 Å². The Morgan fingerprint density at radius 1 is 1.13 bits per heavy atom. The number of aromatic nitrogens is 2. The zero-order valence-electron chi connectivity index (χ0n) is 16.6. The lowest BCUT2D eigenvalue weighted by molar-refractivity contribution is 0.326. The minimum Gasteiger partial charge on any atom is -0.506 e. The largest absolute Gasteiger partial charge is 0.506 e. The lowest BCUT2D eigenvalue weighted by Gasteiger charge is -2.15. The molecule has 4 aromatic rings. The summed E-state index contributed by atoms with van der Waals surface area (Å²) in [5.74, 6) is -0.0154. The molecule has 2 aromatic carbocycles. The summed E-state index contributed by atoms with van der Waals surface area (Å²) < 4.78 is 7.10. The standard InChI is InChI=1S/C24H19N3O3/c1-3-30-23-18(14-25)17(15-9-5-4-6-10-15)13-19(26-23)21-22(28)16-11-7-8-12-20(16)27(2)24(21)29/h4-13,28H,3H2,1-2H3. The molecule has 2 heterocycles. The van der Waals surface area contributed by atoms with Crippen LogP contribution in [0.5, 0.6) is 11.6 Å². The average Bonchev–Trinajstić information content (AvgIpc) is 2.78. The maximum absolute atomic E-state index is 13.1. The number of ether oxygens (including phenoxy) is 1. The van der Waals surface area contributed by atoms with Crippen LogP contribution in [-0.4, -0.2) is 21.3 Å². The van der Waals surface area contributed by atoms with E-state index in [1.807, 2.05) is 36.4 Å². The molecule has 0 spiro atoms. The van der Waals surface area contributed by atoms with Gasteiger partial charge in [0.05, 0.1) is 17.8 Å². The molecule has 4 rings (SSSR count). The normalized spacial score (nSPS) is 10.7. The summed E-state index contributed by atoms with van der Waals surface area (Å²) in [5, 5.41) is 21.3. The second kappa shape index (κ2) is 7.72. The van der Waals surface area contributed by atoms with Crippen LogP contribution in [0.25, 0.3) is 33.3 Å². The third-order valence-electron chi connectivity index (χ3n) is 5.00. The number of aromatic hydroxyl groups is 1. The number of aryl methyl sites for hydroxylation is 1. The topological polar surface area (TPSA) is 88.1 Å². The van der Waals surface area contributed by atoms with Gasteiger partial charge in [-0.1, -0.05) is 42.5 Å². The number of hydrogen-bond donors (Lipinski definition) is 1. The summed E-state index contributed by atoms with van der Waals surface area (Å²) in [6.45, 7) is 2.10. The Labute approximate surface area is 173 Å². The number of hydrogen-bond acceptors (Lipinski definition) is 5. The second-order valence-electron chi connectivity index (χ2n) is 6.75. The van der Waals surface area contributed by atoms with Crippen molar-refractivity contribution in [2.24, 2.45) is 7.05 Å². The van der Waals surface area contributed by atoms with Gasteiger partial charge in [0.1, 0.15) is 22.9 Å². The molecule has 0 bridgehead atoms. The first kappa shape index (κ1) is 19.2. The molecule has 0 unspecified atom stereocenters. The highest BCUT2D eigenvalue weighted by Crippen LogP contribution is 2.37. The van der Waals surface area contributed by atoms with E-state index in [4.69, 9.17) is 4.74 Å². The number of nitrogens with zero attached hydrogens (tertiary/aromatic N) is 3. The number of nitriles is 1. The highest BCUT2D eigenvalue weighted by Gasteiger charge is 2.22. The molecular weight excluding hydrogens is 378 g/mol. The van der Waals surface area contributed by atoms with Gasteiger partial charge in [0.25, 0.3) is 5.56 Å². The molecule has 148 valence electrons. The monoisotopic (exact) mass is 397 g/mol. The van der Waals surface area contributed by atoms with Gasteiger partial charge in [-0.3, -0.25) is 4.79 Å². The molecule has 2 aromatic heterocycles. The predicted octanol–water partition coefficient (Wildman–Crippen LogP) is 4.24. The molecule has 6 nitrogen and oxygen atoms in total. The molecule has 0 aliphatic rings. The Morgan fingerprint density at radius 3 is 2.53 bits per heavy atom. The van der Waals surface area contributed by atoms with Crippen LogP contribution in [0.2, 0.25) is 0 Å². The SMILES string of the molecule is CCOc1nc(-c2c(O)c3ccccc3n(C)c2=O)cc(-c2ccccc2)c1C#N. The lowest BCUT2D eigenvalue weighted by atomic mass is 9.98. The van der Waals surface area contributed by atoms with Gasteiger partial charge in [0, 0.05) is 18.0 Å². The van der Waals surface area contributed by atoms with Gasteiger partial charge >= 0.3 is 0 Å². The second-order valence-corrected chi connectivity index (χ2v) is 6.75. The van der Waals surface area contributed by atoms with Crippen molar-refractivity contribution in [2.75, 3.05) is 6.61 Å². The maximum Gasteiger partial charge on any atom is 0.264 e. The molecule has 6 heteroatoms. The van der Waals surface area contributed by atoms with E-state index in [9.17, 15) is 15.2 Å². The summed E-state index contributed by atoms with van der Waals surface area (Å²) >= 11 is 0. The molecular formula is C24H19N3O3. The van der Waals surface area contributed by atoms with Crippen molar-refractivity contribution in [3.63, 3.8) is 0 Å². The summed E-state index contributed by atoms with van der Waals surface area (Å²) in [5.41, 5.74) is 2.20. The predicted molar refractivity (Wildman–Crippen MR) is 115 cm³/mol. The number of pyridine rings is 2. The van der Waals surface area contributed by atoms with Crippen LogP contribution in [0, 0.1) is 11.3 Å². The van der Waals surface area contributed by atoms with Crippen LogP contribution in [0.1, 0.15) is 12.5 Å². The molecule has 0 aliphatic heterocycles. The van der Waals surface area contributed by atoms with Gasteiger partial charge in [-0.25, -0.2) is 4.98 Å². The summed E-state index contributed by atoms with van der Waals surface area (Å²) in [6.07, 6.45) is 0. The molecule has 0 saturated heterocycles. The molecule has 1 N–H and O–H groups in total. The van der Waals surface area contributed by atoms with Crippen LogP contribution in [0.4, 0.5) is 0 Å². The minimum atomic E-state index is -0.384. The number of para-hydroxylation sites is 1. The fourth-order valence-electron chi connectivity index (χ4n) is 3.55. The van der Waals surface area contributed by atoms with E-state index in [0.29, 0.717) is 23.1 Å². The van der Waals surface area contributed by atoms with Crippen molar-refractivity contribution in [1.29, 1.82) is 5.26 Å². The van der Waals surface area contributed by atoms with Crippen LogP contribution in [0.3, 0.4) is 0 Å². The fraction of sp³-hybridized carbons (Fsp3) is 0.125. The van der Waals surface area contributed by atoms with E-state index in [-0.39, 0.29) is 34.0 Å². The van der Waals surface area contributed by atoms with Gasteiger partial charge < -0.3 is 14.4 Å². The van der Waals surface area contributed by atoms with Gasteiger partial charge in [0.2, 0.25) is 5.88 Å². The average molecular weight is 397 g/mol. The van der Waals surface area contributed by atoms with E-state index < -0.39 is 0 Å². The molecule has 0 fully saturated rings. The van der Waals surface area contributed by atoms with Gasteiger partial charge in [-0.05, 0) is 30.7 Å². The molecule has 0 amide bonds. The third kappa shape index (κ3) is 3.07. The molecule has 0 radical (unpaired) electrons. The van der Waals surface area contributed by atoms with Crippen LogP contribution < -0.4 is 10.3 Å². The van der Waals surface area contributed by atoms with E-state index in [2.05, 4.69) is 11.1 Å². The first-order chi connectivity index (χ1) is 14.6. The fourth-order valence-corrected chi connectivity index (χ4v) is 3.55. The summed E-state index contributed by atoms with van der Waals surface area (Å²) in [4.78, 5) is 17.6. The van der Waals surface area contributed by atoms with Crippen molar-refractivity contribution >= 4 is 10.9 Å². The zero-order valence-corrected chi connectivity index (χ0v) is 16.6. The van der Waals surface area contributed by atoms with Crippen molar-refractivity contribution in [1.82, 2.24) is 9.55 Å². The molecule has 0 atom stereocenters. The summed E-state index contributed by atoms with van der Waals surface area (Å²) in [6, 6.07) is 20.3. The minimum absolute atomic E-state index is 0.0684. The Kier molecular flexibility index (Phi) is 4.95. The van der Waals surface area contributed by atoms with Gasteiger partial charge in [-0.2, -0.15) is 5.26 Å². The van der Waals surface area contributed by atoms with Gasteiger partial charge in [0.15, 0.2) is 0 Å². The molecule has 0 saturated carbocycles. The van der Waals surface area contributed by atoms with E-state index in [1.165, 1.54) is 4.57 Å². The Morgan fingerprint density at radius 2 is 1.83 bits per heavy atom. The van der Waals surface area contributed by atoms with Crippen molar-refractivity contribution in [3.8, 4) is 40.1 Å². The van der Waals surface area contributed by atoms with E-state index in [1.54, 1.807) is 38.2 Å². The Bertz CT molecular complexity index is 1350. The first-order valence-corrected chi connectivity index (χ1v) is 9.51. The number of fused-ring (bicyclic) bond motifs is 1. The Balaban J connectivity index is 2.09. The summed E-state index contributed by atoms with van der Waals surface area (Å²) in [7, 11) is 1.65. The van der Waals surface area contributed by atoms with Crippen molar-refractivity contribution < 1.29 is 9.84 Å². The van der Waals surface area contributed by atoms with Crippen molar-refractivity contribution in [2.45, 2.75) is 6.92 Å². The van der Waals surface area contributed by atoms with E-state index in [0.717, 1.165) is 5.56 Å². The third-order valence-corrected chi connectivity index (χ3v) is 5.00. The number of benzene rings is 2. The van der Waals surface area contributed by atoms with Gasteiger partial charge in [-0.15, -0.1) is 0 Å².